The fourth-order valence-electron chi connectivity index (χ4n) is 2.50. The molecule has 2 aromatic heterocycles. The van der Waals surface area contributed by atoms with Gasteiger partial charge in [-0.2, -0.15) is 5.10 Å². The summed E-state index contributed by atoms with van der Waals surface area (Å²) < 4.78 is 13.5. The number of carbonyl (C=O) groups is 1. The van der Waals surface area contributed by atoms with E-state index in [1.54, 1.807) is 10.6 Å². The van der Waals surface area contributed by atoms with E-state index in [0.29, 0.717) is 28.5 Å². The van der Waals surface area contributed by atoms with Crippen molar-refractivity contribution in [2.75, 3.05) is 25.1 Å². The van der Waals surface area contributed by atoms with Gasteiger partial charge in [0.15, 0.2) is 0 Å². The van der Waals surface area contributed by atoms with E-state index < -0.39 is 9.71 Å². The molecule has 3 heterocycles. The summed E-state index contributed by atoms with van der Waals surface area (Å²) in [5.41, 5.74) is 8.35. The minimum atomic E-state index is -2.20. The monoisotopic (exact) mass is 353 g/mol. The maximum atomic E-state index is 12.5. The summed E-state index contributed by atoms with van der Waals surface area (Å²) in [6.07, 6.45) is 1.60. The second-order valence-electron chi connectivity index (χ2n) is 5.91. The molecule has 7 nitrogen and oxygen atoms in total. The second kappa shape index (κ2) is 5.43. The number of hydrogen-bond acceptors (Lipinski definition) is 6. The highest BCUT2D eigenvalue weighted by atomic mass is 32.2. The first-order valence-electron chi connectivity index (χ1n) is 7.08. The molecule has 1 amide bonds. The molecule has 0 aliphatic carbocycles. The largest absolute Gasteiger partial charge is 0.397 e. The normalized spacial score (nSPS) is 18.6. The Morgan fingerprint density at radius 3 is 2.70 bits per heavy atom. The molecule has 3 rings (SSSR count). The molecule has 1 atom stereocenters. The molecule has 0 saturated carbocycles. The first-order chi connectivity index (χ1) is 10.7. The lowest BCUT2D eigenvalue weighted by atomic mass is 10.1. The van der Waals surface area contributed by atoms with Crippen LogP contribution in [-0.2, 0) is 9.71 Å². The van der Waals surface area contributed by atoms with E-state index >= 15 is 0 Å². The Bertz CT molecular complexity index is 898. The van der Waals surface area contributed by atoms with Crippen molar-refractivity contribution in [3.8, 4) is 0 Å². The van der Waals surface area contributed by atoms with Crippen molar-refractivity contribution in [3.05, 3.63) is 16.1 Å². The maximum absolute atomic E-state index is 12.5. The number of aromatic nitrogens is 2. The van der Waals surface area contributed by atoms with E-state index in [2.05, 4.69) is 21.4 Å². The van der Waals surface area contributed by atoms with Gasteiger partial charge in [0.2, 0.25) is 0 Å². The molecule has 1 fully saturated rings. The Balaban J connectivity index is 1.80. The molecular weight excluding hydrogens is 334 g/mol. The van der Waals surface area contributed by atoms with Crippen LogP contribution in [0.4, 0.5) is 5.69 Å². The van der Waals surface area contributed by atoms with Crippen molar-refractivity contribution < 1.29 is 9.00 Å². The first-order valence-corrected chi connectivity index (χ1v) is 9.99. The van der Waals surface area contributed by atoms with Crippen LogP contribution in [0.3, 0.4) is 0 Å². The van der Waals surface area contributed by atoms with E-state index in [9.17, 15) is 9.00 Å². The molecule has 0 spiro atoms. The zero-order valence-corrected chi connectivity index (χ0v) is 14.9. The van der Waals surface area contributed by atoms with Crippen LogP contribution in [0.25, 0.3) is 10.2 Å². The SMILES string of the molecule is C=S(C)(=O)N1CC(NC(=O)c2sc3nnc(C)c(C)c3c2N)C1. The topological polar surface area (TPSA) is 101 Å². The van der Waals surface area contributed by atoms with Crippen LogP contribution in [0.1, 0.15) is 20.9 Å². The van der Waals surface area contributed by atoms with Gasteiger partial charge in [-0.15, -0.1) is 16.4 Å². The first kappa shape index (κ1) is 16.2. The van der Waals surface area contributed by atoms with Crippen LogP contribution in [0.15, 0.2) is 0 Å². The number of aryl methyl sites for hydroxylation is 2. The molecular formula is C14H19N5O2S2. The van der Waals surface area contributed by atoms with Gasteiger partial charge in [0.25, 0.3) is 5.91 Å². The lowest BCUT2D eigenvalue weighted by Crippen LogP contribution is -2.60. The zero-order chi connectivity index (χ0) is 16.9. The molecule has 1 saturated heterocycles. The number of amides is 1. The molecule has 1 aliphatic heterocycles. The number of nitrogens with one attached hydrogen (secondary N) is 1. The number of fused-ring (bicyclic) bond motifs is 1. The van der Waals surface area contributed by atoms with Crippen molar-refractivity contribution >= 4 is 48.7 Å². The zero-order valence-electron chi connectivity index (χ0n) is 13.3. The fourth-order valence-corrected chi connectivity index (χ4v) is 4.50. The van der Waals surface area contributed by atoms with Crippen molar-refractivity contribution in [3.63, 3.8) is 0 Å². The number of thiophene rings is 1. The summed E-state index contributed by atoms with van der Waals surface area (Å²) in [6.45, 7) is 4.86. The number of rotatable bonds is 3. The van der Waals surface area contributed by atoms with E-state index in [0.717, 1.165) is 16.6 Å². The molecule has 3 N–H and O–H groups in total. The van der Waals surface area contributed by atoms with E-state index in [1.165, 1.54) is 11.3 Å². The van der Waals surface area contributed by atoms with Crippen LogP contribution in [0.5, 0.6) is 0 Å². The van der Waals surface area contributed by atoms with Crippen molar-refractivity contribution in [2.24, 2.45) is 0 Å². The highest BCUT2D eigenvalue weighted by molar-refractivity contribution is 7.97. The number of carbonyl (C=O) groups excluding carboxylic acids is 1. The van der Waals surface area contributed by atoms with Gasteiger partial charge in [-0.1, -0.05) is 0 Å². The van der Waals surface area contributed by atoms with Crippen molar-refractivity contribution in [2.45, 2.75) is 19.9 Å². The maximum Gasteiger partial charge on any atom is 0.263 e. The predicted octanol–water partition coefficient (Wildman–Crippen LogP) is 0.566. The number of hydrogen-bond donors (Lipinski definition) is 2. The smallest absolute Gasteiger partial charge is 0.263 e. The molecule has 2 aromatic rings. The lowest BCUT2D eigenvalue weighted by molar-refractivity contribution is 0.0903. The van der Waals surface area contributed by atoms with Crippen LogP contribution < -0.4 is 11.1 Å². The Morgan fingerprint density at radius 1 is 1.43 bits per heavy atom. The third kappa shape index (κ3) is 2.79. The van der Waals surface area contributed by atoms with E-state index in [4.69, 9.17) is 5.73 Å². The number of anilines is 1. The second-order valence-corrected chi connectivity index (χ2v) is 9.35. The lowest BCUT2D eigenvalue weighted by Gasteiger charge is -2.39. The summed E-state index contributed by atoms with van der Waals surface area (Å²) in [6, 6.07) is -0.0384. The molecule has 0 bridgehead atoms. The third-order valence-corrected chi connectivity index (χ3v) is 6.55. The van der Waals surface area contributed by atoms with Gasteiger partial charge in [0, 0.05) is 34.4 Å². The highest BCUT2D eigenvalue weighted by Crippen LogP contribution is 2.34. The fraction of sp³-hybridized carbons (Fsp3) is 0.429. The molecule has 1 unspecified atom stereocenters. The Hall–Kier alpha value is -1.71. The van der Waals surface area contributed by atoms with E-state index in [-0.39, 0.29) is 11.9 Å². The van der Waals surface area contributed by atoms with Crippen LogP contribution >= 0.6 is 11.3 Å². The molecule has 0 aromatic carbocycles. The average molecular weight is 353 g/mol. The standard InChI is InChI=1S/C14H19N5O2S2/c1-7-8(2)17-18-14-10(7)11(15)12(22-14)13(20)16-9-5-19(6-9)23(3,4)21/h9H,3,5-6,15H2,1-2,4H3,(H,16,20). The van der Waals surface area contributed by atoms with Gasteiger partial charge < -0.3 is 11.1 Å². The van der Waals surface area contributed by atoms with Crippen LogP contribution in [0, 0.1) is 13.8 Å². The predicted molar refractivity (Wildman–Crippen MR) is 95.3 cm³/mol. The minimum Gasteiger partial charge on any atom is -0.397 e. The quantitative estimate of drug-likeness (QED) is 0.786. The van der Waals surface area contributed by atoms with Crippen molar-refractivity contribution in [1.29, 1.82) is 0 Å². The van der Waals surface area contributed by atoms with Gasteiger partial charge in [-0.25, -0.2) is 4.31 Å². The number of nitrogens with two attached hydrogens (primary N) is 1. The molecule has 23 heavy (non-hydrogen) atoms. The number of nitrogens with zero attached hydrogens (tertiary/aromatic N) is 3. The van der Waals surface area contributed by atoms with Crippen LogP contribution in [-0.4, -0.2) is 55.9 Å². The molecule has 1 aliphatic rings. The van der Waals surface area contributed by atoms with Gasteiger partial charge in [-0.05, 0) is 25.3 Å². The van der Waals surface area contributed by atoms with Gasteiger partial charge >= 0.3 is 0 Å². The summed E-state index contributed by atoms with van der Waals surface area (Å²) >= 11 is 1.24. The average Bonchev–Trinajstić information content (AvgIpc) is 2.74. The van der Waals surface area contributed by atoms with Gasteiger partial charge in [0.1, 0.15) is 9.71 Å². The van der Waals surface area contributed by atoms with Crippen LogP contribution in [0.2, 0.25) is 0 Å². The highest BCUT2D eigenvalue weighted by Gasteiger charge is 2.32. The summed E-state index contributed by atoms with van der Waals surface area (Å²) in [4.78, 5) is 13.6. The third-order valence-electron chi connectivity index (χ3n) is 4.07. The number of nitrogen functional groups attached to an aromatic ring is 1. The van der Waals surface area contributed by atoms with Crippen molar-refractivity contribution in [1.82, 2.24) is 19.8 Å². The minimum absolute atomic E-state index is 0.0384. The van der Waals surface area contributed by atoms with Gasteiger partial charge in [-0.3, -0.25) is 9.00 Å². The summed E-state index contributed by atoms with van der Waals surface area (Å²) in [7, 11) is -2.20. The van der Waals surface area contributed by atoms with Gasteiger partial charge in [0.05, 0.1) is 17.4 Å². The Morgan fingerprint density at radius 2 is 2.09 bits per heavy atom. The van der Waals surface area contributed by atoms with E-state index in [1.807, 2.05) is 13.8 Å². The summed E-state index contributed by atoms with van der Waals surface area (Å²) in [5, 5.41) is 11.9. The molecule has 9 heteroatoms. The molecule has 124 valence electrons. The Labute approximate surface area is 139 Å². The summed E-state index contributed by atoms with van der Waals surface area (Å²) in [5.74, 6) is 3.41. The molecule has 0 radical (unpaired) electrons. The Kier molecular flexibility index (Phi) is 3.81.